The molecule has 0 spiro atoms. The van der Waals surface area contributed by atoms with Crippen molar-refractivity contribution in [1.29, 1.82) is 0 Å². The van der Waals surface area contributed by atoms with Gasteiger partial charge in [-0.15, -0.1) is 0 Å². The van der Waals surface area contributed by atoms with Gasteiger partial charge in [0.15, 0.2) is 11.6 Å². The Morgan fingerprint density at radius 3 is 2.45 bits per heavy atom. The van der Waals surface area contributed by atoms with E-state index in [4.69, 9.17) is 4.74 Å². The number of nitrogens with zero attached hydrogens (tertiary/aromatic N) is 1. The fourth-order valence-corrected chi connectivity index (χ4v) is 3.45. The minimum atomic E-state index is -1.35. The number of halogens is 3. The predicted octanol–water partition coefficient (Wildman–Crippen LogP) is 6.08. The van der Waals surface area contributed by atoms with Crippen molar-refractivity contribution < 1.29 is 27.8 Å². The van der Waals surface area contributed by atoms with Crippen LogP contribution in [0.3, 0.4) is 0 Å². The summed E-state index contributed by atoms with van der Waals surface area (Å²) in [6.07, 6.45) is 0. The van der Waals surface area contributed by atoms with Crippen molar-refractivity contribution in [2.24, 2.45) is 0 Å². The van der Waals surface area contributed by atoms with Crippen LogP contribution < -0.4 is 4.74 Å². The largest absolute Gasteiger partial charge is 0.490 e. The fourth-order valence-electron chi connectivity index (χ4n) is 3.45. The summed E-state index contributed by atoms with van der Waals surface area (Å²) in [5.74, 6) is -3.97. The van der Waals surface area contributed by atoms with Gasteiger partial charge in [-0.3, -0.25) is 0 Å². The lowest BCUT2D eigenvalue weighted by Gasteiger charge is -2.16. The SMILES string of the molecule is CCOc1c(F)c(-c2ccccc2)cc(F)c1-c1cc(C(=O)O)c2cc(F)ccc2n1. The number of pyridine rings is 1. The molecule has 156 valence electrons. The number of hydrogen-bond donors (Lipinski definition) is 1. The van der Waals surface area contributed by atoms with Crippen LogP contribution in [0, 0.1) is 17.5 Å². The number of benzene rings is 3. The minimum absolute atomic E-state index is 0.00613. The molecule has 1 aromatic heterocycles. The third-order valence-electron chi connectivity index (χ3n) is 4.80. The normalized spacial score (nSPS) is 11.0. The first-order valence-corrected chi connectivity index (χ1v) is 9.45. The molecule has 1 N–H and O–H groups in total. The number of hydrogen-bond acceptors (Lipinski definition) is 3. The van der Waals surface area contributed by atoms with Crippen molar-refractivity contribution >= 4 is 16.9 Å². The number of aromatic nitrogens is 1. The highest BCUT2D eigenvalue weighted by Gasteiger charge is 2.25. The zero-order valence-electron chi connectivity index (χ0n) is 16.3. The Morgan fingerprint density at radius 1 is 1.03 bits per heavy atom. The average Bonchev–Trinajstić information content (AvgIpc) is 2.76. The molecular formula is C24H16F3NO3. The van der Waals surface area contributed by atoms with Crippen molar-refractivity contribution in [3.63, 3.8) is 0 Å². The number of aromatic carboxylic acids is 1. The molecule has 0 aliphatic heterocycles. The summed E-state index contributed by atoms with van der Waals surface area (Å²) in [5.41, 5.74) is -0.116. The van der Waals surface area contributed by atoms with Crippen molar-refractivity contribution in [2.45, 2.75) is 6.92 Å². The first-order chi connectivity index (χ1) is 14.9. The van der Waals surface area contributed by atoms with Crippen LogP contribution in [0.1, 0.15) is 17.3 Å². The second-order valence-electron chi connectivity index (χ2n) is 6.74. The quantitative estimate of drug-likeness (QED) is 0.422. The molecule has 0 atom stereocenters. The highest BCUT2D eigenvalue weighted by molar-refractivity contribution is 6.04. The molecule has 3 aromatic carbocycles. The standard InChI is InChI=1S/C24H16F3NO3/c1-2-31-23-21(18(26)11-15(22(23)27)13-6-4-3-5-7-13)20-12-17(24(29)30)16-10-14(25)8-9-19(16)28-20/h3-12H,2H2,1H3,(H,29,30). The monoisotopic (exact) mass is 423 g/mol. The minimum Gasteiger partial charge on any atom is -0.490 e. The summed E-state index contributed by atoms with van der Waals surface area (Å²) in [7, 11) is 0. The summed E-state index contributed by atoms with van der Waals surface area (Å²) in [4.78, 5) is 16.0. The van der Waals surface area contributed by atoms with Gasteiger partial charge in [-0.25, -0.2) is 22.9 Å². The Hall–Kier alpha value is -3.87. The summed E-state index contributed by atoms with van der Waals surface area (Å²) in [6, 6.07) is 14.0. The van der Waals surface area contributed by atoms with Crippen LogP contribution in [0.25, 0.3) is 33.3 Å². The third kappa shape index (κ3) is 3.70. The molecule has 0 fully saturated rings. The molecule has 4 nitrogen and oxygen atoms in total. The number of carbonyl (C=O) groups is 1. The van der Waals surface area contributed by atoms with E-state index in [-0.39, 0.29) is 45.6 Å². The number of fused-ring (bicyclic) bond motifs is 1. The van der Waals surface area contributed by atoms with E-state index in [2.05, 4.69) is 4.98 Å². The van der Waals surface area contributed by atoms with Crippen LogP contribution in [0.5, 0.6) is 5.75 Å². The molecule has 0 amide bonds. The molecule has 1 heterocycles. The van der Waals surface area contributed by atoms with E-state index in [0.29, 0.717) is 5.56 Å². The lowest BCUT2D eigenvalue weighted by atomic mass is 9.98. The number of rotatable bonds is 5. The highest BCUT2D eigenvalue weighted by Crippen LogP contribution is 2.40. The first kappa shape index (κ1) is 20.4. The Kier molecular flexibility index (Phi) is 5.33. The molecule has 0 saturated heterocycles. The lowest BCUT2D eigenvalue weighted by molar-refractivity contribution is 0.0699. The van der Waals surface area contributed by atoms with Gasteiger partial charge in [-0.1, -0.05) is 30.3 Å². The predicted molar refractivity (Wildman–Crippen MR) is 111 cm³/mol. The van der Waals surface area contributed by atoms with E-state index >= 15 is 8.78 Å². The van der Waals surface area contributed by atoms with Crippen LogP contribution in [0.4, 0.5) is 13.2 Å². The van der Waals surface area contributed by atoms with Crippen LogP contribution >= 0.6 is 0 Å². The van der Waals surface area contributed by atoms with Gasteiger partial charge in [-0.05, 0) is 42.8 Å². The number of ether oxygens (including phenoxy) is 1. The van der Waals surface area contributed by atoms with Gasteiger partial charge < -0.3 is 9.84 Å². The molecule has 0 radical (unpaired) electrons. The lowest BCUT2D eigenvalue weighted by Crippen LogP contribution is -2.05. The molecular weight excluding hydrogens is 407 g/mol. The average molecular weight is 423 g/mol. The molecule has 4 aromatic rings. The zero-order valence-corrected chi connectivity index (χ0v) is 16.3. The van der Waals surface area contributed by atoms with Crippen molar-refractivity contribution in [1.82, 2.24) is 4.98 Å². The molecule has 0 unspecified atom stereocenters. The maximum absolute atomic E-state index is 15.4. The summed E-state index contributed by atoms with van der Waals surface area (Å²) >= 11 is 0. The van der Waals surface area contributed by atoms with Crippen molar-refractivity contribution in [3.05, 3.63) is 83.7 Å². The molecule has 4 rings (SSSR count). The topological polar surface area (TPSA) is 59.4 Å². The molecule has 0 bridgehead atoms. The van der Waals surface area contributed by atoms with Gasteiger partial charge in [0.2, 0.25) is 0 Å². The van der Waals surface area contributed by atoms with Crippen molar-refractivity contribution in [3.8, 4) is 28.1 Å². The maximum atomic E-state index is 15.4. The van der Waals surface area contributed by atoms with Crippen LogP contribution in [-0.4, -0.2) is 22.7 Å². The van der Waals surface area contributed by atoms with Gasteiger partial charge in [0.05, 0.1) is 28.9 Å². The smallest absolute Gasteiger partial charge is 0.336 e. The highest BCUT2D eigenvalue weighted by atomic mass is 19.1. The van der Waals surface area contributed by atoms with E-state index in [1.54, 1.807) is 37.3 Å². The Bertz CT molecular complexity index is 1310. The Balaban J connectivity index is 2.02. The Labute approximate surface area is 175 Å². The third-order valence-corrected chi connectivity index (χ3v) is 4.80. The van der Waals surface area contributed by atoms with Crippen LogP contribution in [0.15, 0.2) is 60.7 Å². The van der Waals surface area contributed by atoms with Crippen LogP contribution in [-0.2, 0) is 0 Å². The number of carboxylic acids is 1. The summed E-state index contributed by atoms with van der Waals surface area (Å²) < 4.78 is 49.8. The van der Waals surface area contributed by atoms with Gasteiger partial charge >= 0.3 is 5.97 Å². The van der Waals surface area contributed by atoms with Crippen molar-refractivity contribution in [2.75, 3.05) is 6.61 Å². The second-order valence-corrected chi connectivity index (χ2v) is 6.74. The summed E-state index contributed by atoms with van der Waals surface area (Å²) in [6.45, 7) is 1.67. The van der Waals surface area contributed by atoms with Gasteiger partial charge in [0, 0.05) is 10.9 Å². The van der Waals surface area contributed by atoms with Gasteiger partial charge in [-0.2, -0.15) is 0 Å². The maximum Gasteiger partial charge on any atom is 0.336 e. The van der Waals surface area contributed by atoms with Gasteiger partial charge in [0.25, 0.3) is 0 Å². The van der Waals surface area contributed by atoms with Gasteiger partial charge in [0.1, 0.15) is 11.6 Å². The van der Waals surface area contributed by atoms with E-state index in [0.717, 1.165) is 24.3 Å². The summed E-state index contributed by atoms with van der Waals surface area (Å²) in [5, 5.41) is 9.64. The van der Waals surface area contributed by atoms with E-state index in [9.17, 15) is 14.3 Å². The van der Waals surface area contributed by atoms with E-state index < -0.39 is 23.4 Å². The molecule has 7 heteroatoms. The molecule has 31 heavy (non-hydrogen) atoms. The molecule has 0 aliphatic carbocycles. The van der Waals surface area contributed by atoms with E-state index in [1.807, 2.05) is 0 Å². The molecule has 0 aliphatic rings. The van der Waals surface area contributed by atoms with E-state index in [1.165, 1.54) is 6.07 Å². The van der Waals surface area contributed by atoms with Crippen LogP contribution in [0.2, 0.25) is 0 Å². The number of carboxylic acid groups (broad SMARTS) is 1. The second kappa shape index (κ2) is 8.10. The molecule has 0 saturated carbocycles. The zero-order chi connectivity index (χ0) is 22.1. The fraction of sp³-hybridized carbons (Fsp3) is 0.0833. The first-order valence-electron chi connectivity index (χ1n) is 9.45. The Morgan fingerprint density at radius 2 is 1.77 bits per heavy atom.